The van der Waals surface area contributed by atoms with Gasteiger partial charge in [0, 0.05) is 19.3 Å². The highest BCUT2D eigenvalue weighted by atomic mass is 16.6. The summed E-state index contributed by atoms with van der Waals surface area (Å²) in [5.41, 5.74) is 0. The van der Waals surface area contributed by atoms with Gasteiger partial charge in [-0.2, -0.15) is 0 Å². The van der Waals surface area contributed by atoms with Crippen molar-refractivity contribution >= 4 is 17.9 Å². The van der Waals surface area contributed by atoms with Crippen molar-refractivity contribution in [1.82, 2.24) is 0 Å². The molecule has 0 fully saturated rings. The molecule has 0 amide bonds. The van der Waals surface area contributed by atoms with E-state index in [1.54, 1.807) is 0 Å². The molecule has 0 saturated heterocycles. The van der Waals surface area contributed by atoms with Gasteiger partial charge in [0.15, 0.2) is 6.10 Å². The first kappa shape index (κ1) is 74.8. The summed E-state index contributed by atoms with van der Waals surface area (Å²) in [7, 11) is 0. The summed E-state index contributed by atoms with van der Waals surface area (Å²) in [6, 6.07) is 0. The van der Waals surface area contributed by atoms with Crippen molar-refractivity contribution in [3.8, 4) is 0 Å². The Morgan fingerprint density at radius 1 is 0.269 bits per heavy atom. The average Bonchev–Trinajstić information content (AvgIpc) is 3.44. The summed E-state index contributed by atoms with van der Waals surface area (Å²) in [5.74, 6) is -0.898. The lowest BCUT2D eigenvalue weighted by atomic mass is 10.0. The number of ether oxygens (including phenoxy) is 3. The fourth-order valence-corrected chi connectivity index (χ4v) is 9.88. The molecule has 0 aromatic carbocycles. The Bertz CT molecular complexity index is 1440. The smallest absolute Gasteiger partial charge is 0.306 e. The van der Waals surface area contributed by atoms with E-state index in [4.69, 9.17) is 14.2 Å². The first-order valence-electron chi connectivity index (χ1n) is 33.9. The molecule has 0 bridgehead atoms. The summed E-state index contributed by atoms with van der Waals surface area (Å²) < 4.78 is 16.9. The zero-order chi connectivity index (χ0) is 56.4. The maximum Gasteiger partial charge on any atom is 0.306 e. The van der Waals surface area contributed by atoms with Crippen LogP contribution in [0.4, 0.5) is 0 Å². The first-order valence-corrected chi connectivity index (χ1v) is 33.9. The highest BCUT2D eigenvalue weighted by Gasteiger charge is 2.19. The molecule has 1 unspecified atom stereocenters. The lowest BCUT2D eigenvalue weighted by Gasteiger charge is -2.18. The SMILES string of the molecule is CC/C=C\C/C=C\C/C=C\C/C=C\CCCCCCC(=O)OCC(COC(=O)CCCCCCCCCCCCCCCCCCCCCCCCCCC)OC(=O)CCCCCCCCC/C=C\C/C=C\CCCCCC. The minimum absolute atomic E-state index is 0.0837. The van der Waals surface area contributed by atoms with Gasteiger partial charge < -0.3 is 14.2 Å². The summed E-state index contributed by atoms with van der Waals surface area (Å²) >= 11 is 0. The molecule has 0 aliphatic carbocycles. The predicted molar refractivity (Wildman–Crippen MR) is 339 cm³/mol. The van der Waals surface area contributed by atoms with Crippen LogP contribution in [0.15, 0.2) is 72.9 Å². The average molecular weight is 1090 g/mol. The van der Waals surface area contributed by atoms with Crippen molar-refractivity contribution in [3.63, 3.8) is 0 Å². The molecule has 0 rings (SSSR count). The van der Waals surface area contributed by atoms with E-state index in [0.717, 1.165) is 109 Å². The van der Waals surface area contributed by atoms with Crippen LogP contribution in [-0.2, 0) is 28.6 Å². The third kappa shape index (κ3) is 63.7. The van der Waals surface area contributed by atoms with Crippen molar-refractivity contribution in [2.24, 2.45) is 0 Å². The van der Waals surface area contributed by atoms with Gasteiger partial charge in [-0.25, -0.2) is 0 Å². The van der Waals surface area contributed by atoms with E-state index >= 15 is 0 Å². The minimum atomic E-state index is -0.791. The Balaban J connectivity index is 4.33. The van der Waals surface area contributed by atoms with Crippen molar-refractivity contribution in [3.05, 3.63) is 72.9 Å². The Hall–Kier alpha value is -3.15. The van der Waals surface area contributed by atoms with Gasteiger partial charge in [-0.05, 0) is 89.9 Å². The molecule has 6 nitrogen and oxygen atoms in total. The van der Waals surface area contributed by atoms with E-state index in [-0.39, 0.29) is 31.1 Å². The number of rotatable bonds is 62. The predicted octanol–water partition coefficient (Wildman–Crippen LogP) is 23.3. The summed E-state index contributed by atoms with van der Waals surface area (Å²) in [6.07, 6.45) is 86.4. The molecular formula is C72H128O6. The molecule has 0 aliphatic rings. The molecule has 0 radical (unpaired) electrons. The number of hydrogen-bond donors (Lipinski definition) is 0. The number of carbonyl (C=O) groups is 3. The standard InChI is InChI=1S/C72H128O6/c1-4-7-10-13-16-19-22-25-28-31-33-34-35-36-37-38-39-42-44-47-50-53-56-59-62-65-71(74)77-68-69(67-76-70(73)64-61-58-55-52-49-46-43-40-30-27-24-21-18-15-12-9-6-3)78-72(75)66-63-60-57-54-51-48-45-41-32-29-26-23-20-17-14-11-8-5-2/h9,12,18,20-21,23,27,29-30,32,43,46,69H,4-8,10-11,13-17,19,22,24-26,28,31,33-42,44-45,47-68H2,1-3H3/b12-9-,21-18-,23-20-,30-27-,32-29-,46-43-. The highest BCUT2D eigenvalue weighted by molar-refractivity contribution is 5.71. The number of hydrogen-bond acceptors (Lipinski definition) is 6. The Kier molecular flexibility index (Phi) is 63.7. The van der Waals surface area contributed by atoms with Gasteiger partial charge in [-0.3, -0.25) is 14.4 Å². The molecule has 0 heterocycles. The van der Waals surface area contributed by atoms with Crippen LogP contribution in [0.3, 0.4) is 0 Å². The Labute approximate surface area is 484 Å². The Morgan fingerprint density at radius 2 is 0.500 bits per heavy atom. The quantitative estimate of drug-likeness (QED) is 0.0261. The maximum atomic E-state index is 12.9. The van der Waals surface area contributed by atoms with Crippen LogP contribution in [0.2, 0.25) is 0 Å². The van der Waals surface area contributed by atoms with Gasteiger partial charge in [-0.1, -0.05) is 312 Å². The largest absolute Gasteiger partial charge is 0.462 e. The topological polar surface area (TPSA) is 78.9 Å². The number of esters is 3. The zero-order valence-electron chi connectivity index (χ0n) is 51.9. The van der Waals surface area contributed by atoms with Crippen LogP contribution in [-0.4, -0.2) is 37.2 Å². The fraction of sp³-hybridized carbons (Fsp3) is 0.792. The second kappa shape index (κ2) is 66.4. The molecule has 0 aromatic heterocycles. The molecule has 78 heavy (non-hydrogen) atoms. The molecule has 452 valence electrons. The van der Waals surface area contributed by atoms with Crippen molar-refractivity contribution in [2.75, 3.05) is 13.2 Å². The monoisotopic (exact) mass is 1090 g/mol. The number of allylic oxidation sites excluding steroid dienone is 12. The normalized spacial score (nSPS) is 12.5. The second-order valence-electron chi connectivity index (χ2n) is 22.7. The van der Waals surface area contributed by atoms with Crippen LogP contribution < -0.4 is 0 Å². The zero-order valence-corrected chi connectivity index (χ0v) is 51.9. The minimum Gasteiger partial charge on any atom is -0.462 e. The van der Waals surface area contributed by atoms with Gasteiger partial charge in [0.1, 0.15) is 13.2 Å². The van der Waals surface area contributed by atoms with Crippen LogP contribution in [0, 0.1) is 0 Å². The summed E-state index contributed by atoms with van der Waals surface area (Å²) in [5, 5.41) is 0. The van der Waals surface area contributed by atoms with Crippen LogP contribution in [0.5, 0.6) is 0 Å². The molecule has 0 aromatic rings. The van der Waals surface area contributed by atoms with Crippen molar-refractivity contribution in [2.45, 2.75) is 354 Å². The molecule has 0 saturated carbocycles. The summed E-state index contributed by atoms with van der Waals surface area (Å²) in [4.78, 5) is 38.4. The van der Waals surface area contributed by atoms with Crippen molar-refractivity contribution < 1.29 is 28.6 Å². The molecule has 0 aliphatic heterocycles. The van der Waals surface area contributed by atoms with E-state index in [9.17, 15) is 14.4 Å². The van der Waals surface area contributed by atoms with Crippen LogP contribution in [0.25, 0.3) is 0 Å². The lowest BCUT2D eigenvalue weighted by Crippen LogP contribution is -2.30. The number of carbonyl (C=O) groups excluding carboxylic acids is 3. The fourth-order valence-electron chi connectivity index (χ4n) is 9.88. The second-order valence-corrected chi connectivity index (χ2v) is 22.7. The molecular weight excluding hydrogens is 961 g/mol. The van der Waals surface area contributed by atoms with Crippen LogP contribution in [0.1, 0.15) is 348 Å². The van der Waals surface area contributed by atoms with E-state index < -0.39 is 6.10 Å². The highest BCUT2D eigenvalue weighted by Crippen LogP contribution is 2.18. The molecule has 0 N–H and O–H groups in total. The van der Waals surface area contributed by atoms with Gasteiger partial charge in [0.25, 0.3) is 0 Å². The van der Waals surface area contributed by atoms with E-state index in [1.807, 2.05) is 0 Å². The first-order chi connectivity index (χ1) is 38.5. The van der Waals surface area contributed by atoms with Gasteiger partial charge in [-0.15, -0.1) is 0 Å². The van der Waals surface area contributed by atoms with Crippen molar-refractivity contribution in [1.29, 1.82) is 0 Å². The van der Waals surface area contributed by atoms with E-state index in [0.29, 0.717) is 19.3 Å². The van der Waals surface area contributed by atoms with E-state index in [1.165, 1.54) is 199 Å². The third-order valence-electron chi connectivity index (χ3n) is 14.9. The maximum absolute atomic E-state index is 12.9. The molecule has 1 atom stereocenters. The molecule has 0 spiro atoms. The number of unbranched alkanes of at least 4 members (excludes halogenated alkanes) is 39. The lowest BCUT2D eigenvalue weighted by molar-refractivity contribution is -0.167. The van der Waals surface area contributed by atoms with Gasteiger partial charge >= 0.3 is 17.9 Å². The van der Waals surface area contributed by atoms with E-state index in [2.05, 4.69) is 93.7 Å². The van der Waals surface area contributed by atoms with Crippen LogP contribution >= 0.6 is 0 Å². The Morgan fingerprint density at radius 3 is 0.795 bits per heavy atom. The summed E-state index contributed by atoms with van der Waals surface area (Å²) in [6.45, 7) is 6.54. The van der Waals surface area contributed by atoms with Gasteiger partial charge in [0.05, 0.1) is 0 Å². The van der Waals surface area contributed by atoms with Gasteiger partial charge in [0.2, 0.25) is 0 Å². The molecule has 6 heteroatoms. The third-order valence-corrected chi connectivity index (χ3v) is 14.9.